The number of ether oxygens (including phenoxy) is 1. The van der Waals surface area contributed by atoms with E-state index in [0.29, 0.717) is 6.04 Å². The first-order valence-electron chi connectivity index (χ1n) is 7.58. The van der Waals surface area contributed by atoms with Gasteiger partial charge in [-0.3, -0.25) is 4.90 Å². The van der Waals surface area contributed by atoms with Crippen molar-refractivity contribution in [3.63, 3.8) is 0 Å². The smallest absolute Gasteiger partial charge is 0.0947 e. The highest BCUT2D eigenvalue weighted by molar-refractivity contribution is 7.11. The van der Waals surface area contributed by atoms with E-state index in [1.54, 1.807) is 0 Å². The molecule has 2 rings (SSSR count). The van der Waals surface area contributed by atoms with Gasteiger partial charge in [-0.2, -0.15) is 0 Å². The number of nitrogens with zero attached hydrogens (tertiary/aromatic N) is 2. The number of hydrogen-bond acceptors (Lipinski definition) is 5. The lowest BCUT2D eigenvalue weighted by molar-refractivity contribution is -0.0450. The van der Waals surface area contributed by atoms with Gasteiger partial charge in [-0.05, 0) is 33.9 Å². The minimum atomic E-state index is 0.268. The van der Waals surface area contributed by atoms with Crippen molar-refractivity contribution in [2.24, 2.45) is 0 Å². The van der Waals surface area contributed by atoms with E-state index < -0.39 is 0 Å². The van der Waals surface area contributed by atoms with Gasteiger partial charge in [0.25, 0.3) is 0 Å². The molecule has 1 aromatic rings. The van der Waals surface area contributed by atoms with Crippen LogP contribution in [0.1, 0.15) is 28.9 Å². The van der Waals surface area contributed by atoms with Crippen molar-refractivity contribution in [3.8, 4) is 0 Å². The number of thiazole rings is 1. The maximum Gasteiger partial charge on any atom is 0.0947 e. The first kappa shape index (κ1) is 15.9. The summed E-state index contributed by atoms with van der Waals surface area (Å²) in [4.78, 5) is 8.49. The SMILES string of the molecule is CCCN1CCOC(C(Cc2nc(C)c(C)s2)NC)C1. The van der Waals surface area contributed by atoms with Gasteiger partial charge in [0.2, 0.25) is 0 Å². The first-order valence-corrected chi connectivity index (χ1v) is 8.39. The maximum absolute atomic E-state index is 5.99. The third kappa shape index (κ3) is 4.01. The van der Waals surface area contributed by atoms with Crippen LogP contribution in [0.2, 0.25) is 0 Å². The van der Waals surface area contributed by atoms with Crippen molar-refractivity contribution < 1.29 is 4.74 Å². The van der Waals surface area contributed by atoms with Crippen molar-refractivity contribution in [3.05, 3.63) is 15.6 Å². The Morgan fingerprint density at radius 3 is 2.90 bits per heavy atom. The van der Waals surface area contributed by atoms with Crippen LogP contribution in [0.15, 0.2) is 0 Å². The largest absolute Gasteiger partial charge is 0.374 e. The minimum absolute atomic E-state index is 0.268. The quantitative estimate of drug-likeness (QED) is 0.871. The molecule has 0 amide bonds. The molecule has 2 unspecified atom stereocenters. The summed E-state index contributed by atoms with van der Waals surface area (Å²) in [6.45, 7) is 10.6. The lowest BCUT2D eigenvalue weighted by Gasteiger charge is -2.36. The van der Waals surface area contributed by atoms with Gasteiger partial charge in [-0.15, -0.1) is 11.3 Å². The minimum Gasteiger partial charge on any atom is -0.374 e. The highest BCUT2D eigenvalue weighted by atomic mass is 32.1. The summed E-state index contributed by atoms with van der Waals surface area (Å²) in [7, 11) is 2.03. The number of rotatable bonds is 6. The summed E-state index contributed by atoms with van der Waals surface area (Å²) in [6.07, 6.45) is 2.44. The van der Waals surface area contributed by atoms with Crippen LogP contribution in [0, 0.1) is 13.8 Å². The lowest BCUT2D eigenvalue weighted by atomic mass is 10.1. The number of hydrogen-bond donors (Lipinski definition) is 1. The van der Waals surface area contributed by atoms with Crippen molar-refractivity contribution in [1.82, 2.24) is 15.2 Å². The monoisotopic (exact) mass is 297 g/mol. The van der Waals surface area contributed by atoms with E-state index in [-0.39, 0.29) is 6.10 Å². The van der Waals surface area contributed by atoms with E-state index in [2.05, 4.69) is 36.0 Å². The van der Waals surface area contributed by atoms with Gasteiger partial charge in [0.05, 0.1) is 23.4 Å². The Morgan fingerprint density at radius 2 is 2.30 bits per heavy atom. The van der Waals surface area contributed by atoms with Crippen LogP contribution in [0.3, 0.4) is 0 Å². The fourth-order valence-electron chi connectivity index (χ4n) is 2.73. The topological polar surface area (TPSA) is 37.4 Å². The van der Waals surface area contributed by atoms with E-state index in [1.165, 1.54) is 22.9 Å². The molecular formula is C15H27N3OS. The zero-order valence-corrected chi connectivity index (χ0v) is 13.9. The fourth-order valence-corrected chi connectivity index (χ4v) is 3.72. The van der Waals surface area contributed by atoms with Crippen LogP contribution in [0.5, 0.6) is 0 Å². The number of nitrogens with one attached hydrogen (secondary N) is 1. The molecule has 0 aromatic carbocycles. The fraction of sp³-hybridized carbons (Fsp3) is 0.800. The standard InChI is InChI=1S/C15H27N3OS/c1-5-6-18-7-8-19-14(10-18)13(16-4)9-15-17-11(2)12(3)20-15/h13-14,16H,5-10H2,1-4H3. The molecule has 1 N–H and O–H groups in total. The average Bonchev–Trinajstić information content (AvgIpc) is 2.75. The summed E-state index contributed by atoms with van der Waals surface area (Å²) in [5, 5.41) is 4.64. The van der Waals surface area contributed by atoms with Crippen LogP contribution in [-0.4, -0.2) is 55.3 Å². The highest BCUT2D eigenvalue weighted by Crippen LogP contribution is 2.20. The van der Waals surface area contributed by atoms with Gasteiger partial charge in [0.15, 0.2) is 0 Å². The molecule has 2 atom stereocenters. The Morgan fingerprint density at radius 1 is 1.50 bits per heavy atom. The molecule has 1 saturated heterocycles. The average molecular weight is 297 g/mol. The predicted octanol–water partition coefficient (Wildman–Crippen LogP) is 2.00. The van der Waals surface area contributed by atoms with Crippen LogP contribution in [-0.2, 0) is 11.2 Å². The zero-order chi connectivity index (χ0) is 14.5. The summed E-state index contributed by atoms with van der Waals surface area (Å²) >= 11 is 1.81. The Bertz CT molecular complexity index is 400. The summed E-state index contributed by atoms with van der Waals surface area (Å²) in [5.41, 5.74) is 1.16. The normalized spacial score (nSPS) is 22.1. The number of aromatic nitrogens is 1. The molecule has 4 nitrogen and oxygen atoms in total. The van der Waals surface area contributed by atoms with Crippen LogP contribution >= 0.6 is 11.3 Å². The Labute approximate surface area is 126 Å². The van der Waals surface area contributed by atoms with Gasteiger partial charge in [-0.1, -0.05) is 6.92 Å². The second-order valence-electron chi connectivity index (χ2n) is 5.56. The Hall–Kier alpha value is -0.490. The van der Waals surface area contributed by atoms with E-state index in [9.17, 15) is 0 Å². The molecule has 5 heteroatoms. The van der Waals surface area contributed by atoms with E-state index in [4.69, 9.17) is 4.74 Å². The zero-order valence-electron chi connectivity index (χ0n) is 13.1. The molecule has 1 fully saturated rings. The van der Waals surface area contributed by atoms with Crippen LogP contribution < -0.4 is 5.32 Å². The van der Waals surface area contributed by atoms with Crippen molar-refractivity contribution >= 4 is 11.3 Å². The van der Waals surface area contributed by atoms with Crippen molar-refractivity contribution in [2.45, 2.75) is 45.8 Å². The third-order valence-corrected chi connectivity index (χ3v) is 5.10. The molecule has 114 valence electrons. The molecule has 0 saturated carbocycles. The summed E-state index contributed by atoms with van der Waals surface area (Å²) in [6, 6.07) is 0.347. The molecule has 1 aliphatic rings. The molecule has 1 aliphatic heterocycles. The molecular weight excluding hydrogens is 270 g/mol. The Kier molecular flexibility index (Phi) is 5.96. The molecule has 0 aliphatic carbocycles. The van der Waals surface area contributed by atoms with Crippen LogP contribution in [0.4, 0.5) is 0 Å². The third-order valence-electron chi connectivity index (χ3n) is 4.00. The molecule has 0 radical (unpaired) electrons. The van der Waals surface area contributed by atoms with Gasteiger partial charge >= 0.3 is 0 Å². The second-order valence-corrected chi connectivity index (χ2v) is 6.85. The van der Waals surface area contributed by atoms with E-state index >= 15 is 0 Å². The first-order chi connectivity index (χ1) is 9.63. The second kappa shape index (κ2) is 7.50. The van der Waals surface area contributed by atoms with Crippen molar-refractivity contribution in [2.75, 3.05) is 33.3 Å². The van der Waals surface area contributed by atoms with Gasteiger partial charge in [0.1, 0.15) is 0 Å². The molecule has 0 bridgehead atoms. The maximum atomic E-state index is 5.99. The lowest BCUT2D eigenvalue weighted by Crippen LogP contribution is -2.52. The van der Waals surface area contributed by atoms with Crippen molar-refractivity contribution in [1.29, 1.82) is 0 Å². The van der Waals surface area contributed by atoms with Gasteiger partial charge in [-0.25, -0.2) is 4.98 Å². The van der Waals surface area contributed by atoms with Crippen LogP contribution in [0.25, 0.3) is 0 Å². The summed E-state index contributed by atoms with van der Waals surface area (Å²) in [5.74, 6) is 0. The molecule has 20 heavy (non-hydrogen) atoms. The number of aryl methyl sites for hydroxylation is 2. The summed E-state index contributed by atoms with van der Waals surface area (Å²) < 4.78 is 5.99. The highest BCUT2D eigenvalue weighted by Gasteiger charge is 2.27. The van der Waals surface area contributed by atoms with E-state index in [0.717, 1.165) is 31.8 Å². The predicted molar refractivity (Wildman–Crippen MR) is 84.6 cm³/mol. The molecule has 1 aromatic heterocycles. The number of morpholine rings is 1. The molecule has 0 spiro atoms. The van der Waals surface area contributed by atoms with Gasteiger partial charge < -0.3 is 10.1 Å². The van der Waals surface area contributed by atoms with E-state index in [1.807, 2.05) is 18.4 Å². The molecule has 2 heterocycles. The number of likely N-dealkylation sites (N-methyl/N-ethyl adjacent to an activating group) is 1. The Balaban J connectivity index is 1.96. The van der Waals surface area contributed by atoms with Gasteiger partial charge in [0, 0.05) is 30.4 Å².